The predicted molar refractivity (Wildman–Crippen MR) is 73.5 cm³/mol. The summed E-state index contributed by atoms with van der Waals surface area (Å²) in [6.45, 7) is 0. The number of rotatable bonds is 3. The van der Waals surface area contributed by atoms with Gasteiger partial charge in [-0.05, 0) is 42.0 Å². The first-order valence-corrected chi connectivity index (χ1v) is 6.56. The van der Waals surface area contributed by atoms with E-state index >= 15 is 0 Å². The summed E-state index contributed by atoms with van der Waals surface area (Å²) in [6.07, 6.45) is -0.236. The van der Waals surface area contributed by atoms with E-state index in [1.165, 1.54) is 36.4 Å². The van der Waals surface area contributed by atoms with Gasteiger partial charge in [0.05, 0.1) is 5.56 Å². The molecular weight excluding hydrogens is 338 g/mol. The third-order valence-corrected chi connectivity index (χ3v) is 3.32. The smallest absolute Gasteiger partial charge is 0.170 e. The monoisotopic (exact) mass is 344 g/mol. The van der Waals surface area contributed by atoms with Crippen molar-refractivity contribution in [3.05, 3.63) is 68.7 Å². The molecule has 1 nitrogen and oxygen atoms in total. The molecule has 0 atom stereocenters. The normalized spacial score (nSPS) is 10.5. The molecule has 0 aliphatic heterocycles. The first-order valence-electron chi connectivity index (χ1n) is 5.39. The fraction of sp³-hybridized carbons (Fsp3) is 0.0714. The SMILES string of the molecule is O=C(Cc1cc(Cl)ccc1F)c1cc(Br)ccc1F. The van der Waals surface area contributed by atoms with Gasteiger partial charge in [0.1, 0.15) is 11.6 Å². The molecule has 0 heterocycles. The van der Waals surface area contributed by atoms with Crippen LogP contribution in [0.3, 0.4) is 0 Å². The topological polar surface area (TPSA) is 17.1 Å². The highest BCUT2D eigenvalue weighted by Crippen LogP contribution is 2.20. The predicted octanol–water partition coefficient (Wildman–Crippen LogP) is 4.81. The minimum absolute atomic E-state index is 0.0752. The Labute approximate surface area is 122 Å². The Balaban J connectivity index is 2.30. The summed E-state index contributed by atoms with van der Waals surface area (Å²) < 4.78 is 27.6. The van der Waals surface area contributed by atoms with E-state index in [0.29, 0.717) is 9.50 Å². The summed E-state index contributed by atoms with van der Waals surface area (Å²) in [7, 11) is 0. The van der Waals surface area contributed by atoms with Crippen molar-refractivity contribution in [2.24, 2.45) is 0 Å². The van der Waals surface area contributed by atoms with Gasteiger partial charge in [-0.1, -0.05) is 27.5 Å². The van der Waals surface area contributed by atoms with E-state index in [-0.39, 0.29) is 17.5 Å². The quantitative estimate of drug-likeness (QED) is 0.730. The number of benzene rings is 2. The average Bonchev–Trinajstić information content (AvgIpc) is 2.36. The van der Waals surface area contributed by atoms with Crippen molar-refractivity contribution < 1.29 is 13.6 Å². The van der Waals surface area contributed by atoms with E-state index in [4.69, 9.17) is 11.6 Å². The number of ketones is 1. The van der Waals surface area contributed by atoms with Crippen molar-refractivity contribution in [1.82, 2.24) is 0 Å². The van der Waals surface area contributed by atoms with Crippen molar-refractivity contribution >= 4 is 33.3 Å². The molecule has 5 heteroatoms. The summed E-state index contributed by atoms with van der Waals surface area (Å²) >= 11 is 8.91. The lowest BCUT2D eigenvalue weighted by Crippen LogP contribution is -2.07. The summed E-state index contributed by atoms with van der Waals surface area (Å²) in [5, 5.41) is 0.332. The van der Waals surface area contributed by atoms with Gasteiger partial charge in [-0.15, -0.1) is 0 Å². The van der Waals surface area contributed by atoms with E-state index < -0.39 is 17.4 Å². The molecule has 0 N–H and O–H groups in total. The van der Waals surface area contributed by atoms with Crippen LogP contribution in [0, 0.1) is 11.6 Å². The van der Waals surface area contributed by atoms with E-state index in [9.17, 15) is 13.6 Å². The maximum atomic E-state index is 13.5. The van der Waals surface area contributed by atoms with Crippen LogP contribution >= 0.6 is 27.5 Å². The molecule has 98 valence electrons. The molecule has 0 amide bonds. The molecule has 0 unspecified atom stereocenters. The van der Waals surface area contributed by atoms with Crippen molar-refractivity contribution in [2.45, 2.75) is 6.42 Å². The molecule has 19 heavy (non-hydrogen) atoms. The van der Waals surface area contributed by atoms with Gasteiger partial charge in [-0.2, -0.15) is 0 Å². The molecular formula is C14H8BrClF2O. The Morgan fingerprint density at radius 2 is 1.79 bits per heavy atom. The number of halogens is 4. The van der Waals surface area contributed by atoms with Crippen LogP contribution in [0.1, 0.15) is 15.9 Å². The van der Waals surface area contributed by atoms with E-state index in [1.807, 2.05) is 0 Å². The third kappa shape index (κ3) is 3.39. The second-order valence-electron chi connectivity index (χ2n) is 3.96. The van der Waals surface area contributed by atoms with Gasteiger partial charge < -0.3 is 0 Å². The molecule has 2 aromatic carbocycles. The summed E-state index contributed by atoms with van der Waals surface area (Å²) in [6, 6.07) is 8.00. The molecule has 2 aromatic rings. The van der Waals surface area contributed by atoms with E-state index in [0.717, 1.165) is 0 Å². The zero-order chi connectivity index (χ0) is 14.0. The van der Waals surface area contributed by atoms with Gasteiger partial charge in [-0.3, -0.25) is 4.79 Å². The molecule has 0 aromatic heterocycles. The zero-order valence-corrected chi connectivity index (χ0v) is 11.9. The summed E-state index contributed by atoms with van der Waals surface area (Å²) in [4.78, 5) is 12.0. The minimum atomic E-state index is -0.629. The lowest BCUT2D eigenvalue weighted by molar-refractivity contribution is 0.0988. The van der Waals surface area contributed by atoms with Gasteiger partial charge in [0, 0.05) is 15.9 Å². The van der Waals surface area contributed by atoms with Gasteiger partial charge in [0.25, 0.3) is 0 Å². The van der Waals surface area contributed by atoms with Crippen LogP contribution in [-0.2, 0) is 6.42 Å². The van der Waals surface area contributed by atoms with E-state index in [1.54, 1.807) is 0 Å². The Hall–Kier alpha value is -1.26. The second kappa shape index (κ2) is 5.80. The molecule has 0 aliphatic rings. The number of hydrogen-bond acceptors (Lipinski definition) is 1. The Morgan fingerprint density at radius 3 is 2.53 bits per heavy atom. The van der Waals surface area contributed by atoms with Crippen molar-refractivity contribution in [3.63, 3.8) is 0 Å². The highest BCUT2D eigenvalue weighted by atomic mass is 79.9. The maximum Gasteiger partial charge on any atom is 0.170 e. The van der Waals surface area contributed by atoms with Gasteiger partial charge in [0.15, 0.2) is 5.78 Å². The van der Waals surface area contributed by atoms with Gasteiger partial charge >= 0.3 is 0 Å². The third-order valence-electron chi connectivity index (χ3n) is 2.59. The number of carbonyl (C=O) groups is 1. The molecule has 0 radical (unpaired) electrons. The molecule has 0 bridgehead atoms. The van der Waals surface area contributed by atoms with Crippen molar-refractivity contribution in [2.75, 3.05) is 0 Å². The van der Waals surface area contributed by atoms with Gasteiger partial charge in [-0.25, -0.2) is 8.78 Å². The number of carbonyl (C=O) groups excluding carboxylic acids is 1. The lowest BCUT2D eigenvalue weighted by atomic mass is 10.0. The van der Waals surface area contributed by atoms with E-state index in [2.05, 4.69) is 15.9 Å². The Bertz CT molecular complexity index is 643. The number of Topliss-reactive ketones (excluding diaryl/α,β-unsaturated/α-hetero) is 1. The molecule has 0 saturated heterocycles. The summed E-state index contributed by atoms with van der Waals surface area (Å²) in [5.41, 5.74) is 0.0747. The van der Waals surface area contributed by atoms with Crippen LogP contribution < -0.4 is 0 Å². The van der Waals surface area contributed by atoms with Crippen LogP contribution in [0.5, 0.6) is 0 Å². The molecule has 0 spiro atoms. The second-order valence-corrected chi connectivity index (χ2v) is 5.31. The van der Waals surface area contributed by atoms with Crippen LogP contribution in [0.2, 0.25) is 5.02 Å². The van der Waals surface area contributed by atoms with Crippen LogP contribution in [0.25, 0.3) is 0 Å². The fourth-order valence-corrected chi connectivity index (χ4v) is 2.21. The molecule has 0 saturated carbocycles. The molecule has 0 aliphatic carbocycles. The average molecular weight is 346 g/mol. The number of hydrogen-bond donors (Lipinski definition) is 0. The van der Waals surface area contributed by atoms with Crippen LogP contribution in [0.4, 0.5) is 8.78 Å². The standard InChI is InChI=1S/C14H8BrClF2O/c15-9-1-3-13(18)11(7-9)14(19)6-8-5-10(16)2-4-12(8)17/h1-5,7H,6H2. The first kappa shape index (κ1) is 14.2. The summed E-state index contributed by atoms with van der Waals surface area (Å²) in [5.74, 6) is -1.66. The Morgan fingerprint density at radius 1 is 1.11 bits per heavy atom. The van der Waals surface area contributed by atoms with Crippen LogP contribution in [-0.4, -0.2) is 5.78 Å². The maximum absolute atomic E-state index is 13.5. The van der Waals surface area contributed by atoms with Crippen molar-refractivity contribution in [3.8, 4) is 0 Å². The lowest BCUT2D eigenvalue weighted by Gasteiger charge is -2.05. The fourth-order valence-electron chi connectivity index (χ4n) is 1.66. The largest absolute Gasteiger partial charge is 0.294 e. The minimum Gasteiger partial charge on any atom is -0.294 e. The highest BCUT2D eigenvalue weighted by Gasteiger charge is 2.15. The van der Waals surface area contributed by atoms with Crippen LogP contribution in [0.15, 0.2) is 40.9 Å². The Kier molecular flexibility index (Phi) is 4.32. The zero-order valence-electron chi connectivity index (χ0n) is 9.59. The highest BCUT2D eigenvalue weighted by molar-refractivity contribution is 9.10. The molecule has 0 fully saturated rings. The molecule has 2 rings (SSSR count). The van der Waals surface area contributed by atoms with Crippen molar-refractivity contribution in [1.29, 1.82) is 0 Å². The van der Waals surface area contributed by atoms with Gasteiger partial charge in [0.2, 0.25) is 0 Å². The first-order chi connectivity index (χ1) is 8.97.